The van der Waals surface area contributed by atoms with Crippen LogP contribution in [0.15, 0.2) is 17.3 Å². The molecule has 0 saturated carbocycles. The first kappa shape index (κ1) is 14.0. The van der Waals surface area contributed by atoms with Gasteiger partial charge in [0.25, 0.3) is 0 Å². The maximum absolute atomic E-state index is 12.3. The molecule has 8 nitrogen and oxygen atoms in total. The Balaban J connectivity index is 2.18. The lowest BCUT2D eigenvalue weighted by molar-refractivity contribution is -0.137. The molecule has 19 heavy (non-hydrogen) atoms. The van der Waals surface area contributed by atoms with Crippen molar-refractivity contribution in [2.75, 3.05) is 20.3 Å². The van der Waals surface area contributed by atoms with Gasteiger partial charge < -0.3 is 9.84 Å². The number of carboxylic acids is 1. The normalized spacial score (nSPS) is 20.0. The van der Waals surface area contributed by atoms with Crippen LogP contribution in [-0.2, 0) is 26.1 Å². The lowest BCUT2D eigenvalue weighted by Gasteiger charge is -2.21. The van der Waals surface area contributed by atoms with Crippen LogP contribution in [0, 0.1) is 0 Å². The minimum Gasteiger partial charge on any atom is -0.480 e. The van der Waals surface area contributed by atoms with Gasteiger partial charge in [-0.1, -0.05) is 0 Å². The van der Waals surface area contributed by atoms with E-state index in [1.165, 1.54) is 17.5 Å². The second-order valence-electron chi connectivity index (χ2n) is 4.31. The van der Waals surface area contributed by atoms with Crippen molar-refractivity contribution >= 4 is 16.0 Å². The number of ether oxygens (including phenoxy) is 1. The van der Waals surface area contributed by atoms with Gasteiger partial charge in [-0.05, 0) is 6.42 Å². The first-order chi connectivity index (χ1) is 8.91. The second-order valence-corrected chi connectivity index (χ2v) is 6.30. The molecule has 1 aliphatic heterocycles. The minimum atomic E-state index is -3.66. The van der Waals surface area contributed by atoms with Crippen LogP contribution in [0.2, 0.25) is 0 Å². The van der Waals surface area contributed by atoms with Gasteiger partial charge in [0.1, 0.15) is 11.4 Å². The number of aliphatic carboxylic acids is 1. The van der Waals surface area contributed by atoms with E-state index in [-0.39, 0.29) is 17.5 Å². The molecule has 0 aliphatic carbocycles. The molecular weight excluding hydrogens is 274 g/mol. The maximum atomic E-state index is 12.3. The van der Waals surface area contributed by atoms with Crippen LogP contribution in [0.5, 0.6) is 0 Å². The highest BCUT2D eigenvalue weighted by atomic mass is 32.2. The number of rotatable bonds is 5. The van der Waals surface area contributed by atoms with Gasteiger partial charge >= 0.3 is 5.97 Å². The minimum absolute atomic E-state index is 0.0110. The molecule has 1 saturated heterocycles. The lowest BCUT2D eigenvalue weighted by Crippen LogP contribution is -2.37. The summed E-state index contributed by atoms with van der Waals surface area (Å²) in [6, 6.07) is -0.187. The molecule has 0 amide bonds. The summed E-state index contributed by atoms with van der Waals surface area (Å²) in [6.45, 7) is 0.549. The highest BCUT2D eigenvalue weighted by molar-refractivity contribution is 7.89. The van der Waals surface area contributed by atoms with E-state index in [4.69, 9.17) is 9.84 Å². The van der Waals surface area contributed by atoms with Gasteiger partial charge in [0.2, 0.25) is 10.0 Å². The standard InChI is InChI=1S/C10H15N3O5S/c1-12(8-2-3-18-7-8)19(16,17)9-4-11-13(5-9)6-10(14)15/h4-5,8H,2-3,6-7H2,1H3,(H,14,15). The molecule has 1 aromatic heterocycles. The average Bonchev–Trinajstić information content (AvgIpc) is 2.96. The van der Waals surface area contributed by atoms with E-state index in [0.717, 1.165) is 10.9 Å². The van der Waals surface area contributed by atoms with E-state index < -0.39 is 16.0 Å². The Morgan fingerprint density at radius 2 is 2.42 bits per heavy atom. The third-order valence-corrected chi connectivity index (χ3v) is 4.87. The molecule has 0 aromatic carbocycles. The molecule has 0 bridgehead atoms. The Bertz CT molecular complexity index is 561. The molecule has 0 radical (unpaired) electrons. The molecule has 9 heteroatoms. The predicted molar refractivity (Wildman–Crippen MR) is 64.0 cm³/mol. The zero-order valence-corrected chi connectivity index (χ0v) is 11.2. The summed E-state index contributed by atoms with van der Waals surface area (Å²) in [6.07, 6.45) is 3.03. The highest BCUT2D eigenvalue weighted by Gasteiger charge is 2.31. The molecule has 1 atom stereocenters. The Morgan fingerprint density at radius 1 is 1.68 bits per heavy atom. The molecule has 1 aliphatic rings. The molecule has 1 N–H and O–H groups in total. The van der Waals surface area contributed by atoms with E-state index >= 15 is 0 Å². The average molecular weight is 289 g/mol. The molecule has 1 fully saturated rings. The van der Waals surface area contributed by atoms with E-state index in [2.05, 4.69) is 5.10 Å². The Labute approximate surface area is 110 Å². The van der Waals surface area contributed by atoms with Crippen LogP contribution >= 0.6 is 0 Å². The molecule has 0 spiro atoms. The Kier molecular flexibility index (Phi) is 3.88. The van der Waals surface area contributed by atoms with Crippen molar-refractivity contribution in [1.82, 2.24) is 14.1 Å². The molecule has 2 rings (SSSR count). The van der Waals surface area contributed by atoms with Crippen molar-refractivity contribution in [3.8, 4) is 0 Å². The van der Waals surface area contributed by atoms with Gasteiger partial charge in [0.05, 0.1) is 18.8 Å². The molecule has 1 unspecified atom stereocenters. The largest absolute Gasteiger partial charge is 0.480 e. The summed E-state index contributed by atoms with van der Waals surface area (Å²) in [5.74, 6) is -1.08. The summed E-state index contributed by atoms with van der Waals surface area (Å²) >= 11 is 0. The number of carboxylic acid groups (broad SMARTS) is 1. The van der Waals surface area contributed by atoms with Crippen molar-refractivity contribution < 1.29 is 23.1 Å². The first-order valence-corrected chi connectivity index (χ1v) is 7.15. The fourth-order valence-electron chi connectivity index (χ4n) is 1.87. The van der Waals surface area contributed by atoms with Gasteiger partial charge in [-0.2, -0.15) is 9.40 Å². The summed E-state index contributed by atoms with van der Waals surface area (Å²) < 4.78 is 32.1. The summed E-state index contributed by atoms with van der Waals surface area (Å²) in [7, 11) is -2.17. The van der Waals surface area contributed by atoms with E-state index in [9.17, 15) is 13.2 Å². The number of sulfonamides is 1. The highest BCUT2D eigenvalue weighted by Crippen LogP contribution is 2.20. The van der Waals surface area contributed by atoms with Crippen molar-refractivity contribution in [2.24, 2.45) is 0 Å². The van der Waals surface area contributed by atoms with Crippen molar-refractivity contribution in [2.45, 2.75) is 23.9 Å². The quantitative estimate of drug-likeness (QED) is 0.775. The summed E-state index contributed by atoms with van der Waals surface area (Å²) in [5, 5.41) is 12.4. The third kappa shape index (κ3) is 2.94. The van der Waals surface area contributed by atoms with Crippen LogP contribution < -0.4 is 0 Å². The maximum Gasteiger partial charge on any atom is 0.325 e. The Morgan fingerprint density at radius 3 is 3.00 bits per heavy atom. The number of carbonyl (C=O) groups is 1. The summed E-state index contributed by atoms with van der Waals surface area (Å²) in [5.41, 5.74) is 0. The number of hydrogen-bond donors (Lipinski definition) is 1. The zero-order valence-electron chi connectivity index (χ0n) is 10.4. The van der Waals surface area contributed by atoms with Crippen LogP contribution in [0.25, 0.3) is 0 Å². The number of hydrogen-bond acceptors (Lipinski definition) is 5. The Hall–Kier alpha value is -1.45. The fourth-order valence-corrected chi connectivity index (χ4v) is 3.20. The van der Waals surface area contributed by atoms with Gasteiger partial charge in [0, 0.05) is 19.9 Å². The monoisotopic (exact) mass is 289 g/mol. The van der Waals surface area contributed by atoms with Gasteiger partial charge in [-0.3, -0.25) is 9.48 Å². The molecule has 1 aromatic rings. The zero-order chi connectivity index (χ0) is 14.0. The third-order valence-electron chi connectivity index (χ3n) is 3.00. The van der Waals surface area contributed by atoms with Crippen molar-refractivity contribution in [3.63, 3.8) is 0 Å². The van der Waals surface area contributed by atoms with Gasteiger partial charge in [0.15, 0.2) is 0 Å². The summed E-state index contributed by atoms with van der Waals surface area (Å²) in [4.78, 5) is 10.5. The fraction of sp³-hybridized carbons (Fsp3) is 0.600. The lowest BCUT2D eigenvalue weighted by atomic mass is 10.3. The molecule has 2 heterocycles. The number of nitrogens with zero attached hydrogens (tertiary/aromatic N) is 3. The second kappa shape index (κ2) is 5.27. The van der Waals surface area contributed by atoms with Crippen molar-refractivity contribution in [1.29, 1.82) is 0 Å². The van der Waals surface area contributed by atoms with E-state index in [1.807, 2.05) is 0 Å². The van der Waals surface area contributed by atoms with E-state index in [1.54, 1.807) is 0 Å². The van der Waals surface area contributed by atoms with Crippen LogP contribution in [0.4, 0.5) is 0 Å². The van der Waals surface area contributed by atoms with Crippen molar-refractivity contribution in [3.05, 3.63) is 12.4 Å². The van der Waals surface area contributed by atoms with Crippen LogP contribution in [0.3, 0.4) is 0 Å². The van der Waals surface area contributed by atoms with E-state index in [0.29, 0.717) is 19.6 Å². The van der Waals surface area contributed by atoms with Gasteiger partial charge in [-0.25, -0.2) is 8.42 Å². The molecule has 106 valence electrons. The molecular formula is C10H15N3O5S. The van der Waals surface area contributed by atoms with Gasteiger partial charge in [-0.15, -0.1) is 0 Å². The smallest absolute Gasteiger partial charge is 0.325 e. The topological polar surface area (TPSA) is 102 Å². The SMILES string of the molecule is CN(C1CCOC1)S(=O)(=O)c1cnn(CC(=O)O)c1. The van der Waals surface area contributed by atoms with Crippen LogP contribution in [0.1, 0.15) is 6.42 Å². The van der Waals surface area contributed by atoms with Crippen LogP contribution in [-0.4, -0.2) is 59.9 Å². The number of aromatic nitrogens is 2. The predicted octanol–water partition coefficient (Wildman–Crippen LogP) is -0.623. The number of likely N-dealkylation sites (N-methyl/N-ethyl adjacent to an activating group) is 1. The first-order valence-electron chi connectivity index (χ1n) is 5.71.